The van der Waals surface area contributed by atoms with Crippen LogP contribution >= 0.6 is 45.3 Å². The second-order valence-electron chi connectivity index (χ2n) is 33.2. The number of carboxylic acid groups (broad SMARTS) is 4. The van der Waals surface area contributed by atoms with Gasteiger partial charge in [0.1, 0.15) is 23.3 Å². The molecule has 28 heteroatoms. The molecule has 0 unspecified atom stereocenters. The predicted molar refractivity (Wildman–Crippen MR) is 571 cm³/mol. The van der Waals surface area contributed by atoms with Crippen LogP contribution in [0.3, 0.4) is 0 Å². The minimum absolute atomic E-state index is 0.00177. The van der Waals surface area contributed by atoms with E-state index >= 15 is 0 Å². The largest absolute Gasteiger partial charge is 0.481 e. The van der Waals surface area contributed by atoms with Gasteiger partial charge in [0.05, 0.1) is 43.5 Å². The molecule has 704 valence electrons. The Morgan fingerprint density at radius 3 is 0.812 bits per heavy atom. The van der Waals surface area contributed by atoms with Crippen molar-refractivity contribution in [2.45, 2.75) is 92.9 Å². The Balaban J connectivity index is 0.000000155. The molecule has 8 heterocycles. The number of hydrogen-bond acceptors (Lipinski definition) is 24. The number of aromatic nitrogens is 8. The summed E-state index contributed by atoms with van der Waals surface area (Å²) in [6.45, 7) is 20.1. The summed E-state index contributed by atoms with van der Waals surface area (Å²) in [6.07, 6.45) is 8.14. The van der Waals surface area contributed by atoms with Crippen LogP contribution in [0.15, 0.2) is 268 Å². The lowest BCUT2D eigenvalue weighted by atomic mass is 10.1. The molecule has 0 fully saturated rings. The number of aryl methyl sites for hydroxylation is 4. The number of hydrogen-bond donors (Lipinski definition) is 8. The minimum Gasteiger partial charge on any atom is -0.481 e. The van der Waals surface area contributed by atoms with Crippen molar-refractivity contribution in [1.82, 2.24) is 39.9 Å². The van der Waals surface area contributed by atoms with Crippen LogP contribution in [-0.4, -0.2) is 141 Å². The summed E-state index contributed by atoms with van der Waals surface area (Å²) in [5.41, 5.74) is 22.5. The second-order valence-corrected chi connectivity index (χ2v) is 37.5. The second kappa shape index (κ2) is 46.7. The maximum atomic E-state index is 11.2. The van der Waals surface area contributed by atoms with Gasteiger partial charge in [-0.2, -0.15) is 0 Å². The maximum Gasteiger partial charge on any atom is 0.335 e. The van der Waals surface area contributed by atoms with Crippen molar-refractivity contribution >= 4 is 138 Å². The van der Waals surface area contributed by atoms with Crippen LogP contribution in [0.1, 0.15) is 105 Å². The van der Waals surface area contributed by atoms with Crippen LogP contribution < -0.4 is 40.9 Å². The average Bonchev–Trinajstić information content (AvgIpc) is 1.41. The molecule has 138 heavy (non-hydrogen) atoms. The SMILES string of the molecule is C=CCc1c(C)nc(-c2ccc(-c3ccc(N(C)C)cc3)s2)nc1Nc1ccc(CC(=O)O)cc1.C=CCc1c(CC)nc(-c2ccc(-c3ccc(N(C)C)cc3)s2)nc1Nc1ccc(CC(=O)O)cc1.CCc1c(C)nc(-c2ccc(-c3ccc(N(C)C)cc3)s2)nc1Nc1ccc(C(=O)O)cc1.CCc1nc(-c2ccc(-c3ccc(N(C)C)cc3)s2)nc(Nc2ccc(C(=O)O)cc2)c1CC. The third-order valence-electron chi connectivity index (χ3n) is 22.6. The van der Waals surface area contributed by atoms with Gasteiger partial charge in [-0.3, -0.25) is 9.59 Å². The van der Waals surface area contributed by atoms with Crippen LogP contribution in [-0.2, 0) is 61.0 Å². The number of nitrogens with zero attached hydrogens (tertiary/aromatic N) is 12. The molecule has 16 rings (SSSR count). The Labute approximate surface area is 821 Å². The topological polar surface area (TPSA) is 313 Å². The maximum absolute atomic E-state index is 11.2. The first-order valence-corrected chi connectivity index (χ1v) is 48.4. The molecule has 24 nitrogen and oxygen atoms in total. The fraction of sp³-hybridized carbons (Fsp3) is 0.200. The number of nitrogens with one attached hydrogen (secondary N) is 4. The van der Waals surface area contributed by atoms with Gasteiger partial charge in [0.25, 0.3) is 0 Å². The summed E-state index contributed by atoms with van der Waals surface area (Å²) in [7, 11) is 16.3. The number of benzene rings is 8. The Bertz CT molecular complexity index is 6940. The first kappa shape index (κ1) is 100. The van der Waals surface area contributed by atoms with Gasteiger partial charge in [-0.25, -0.2) is 49.5 Å². The van der Waals surface area contributed by atoms with Gasteiger partial charge >= 0.3 is 23.9 Å². The Hall–Kier alpha value is -15.4. The summed E-state index contributed by atoms with van der Waals surface area (Å²) in [5.74, 6) is 2.12. The van der Waals surface area contributed by atoms with E-state index in [1.807, 2.05) is 131 Å². The Morgan fingerprint density at radius 1 is 0.297 bits per heavy atom. The molecule has 16 aromatic rings. The molecule has 0 saturated heterocycles. The standard InChI is InChI=1S/C29H30N4O2S.C28H28N4O2S.C27H28N4O2S.C26H26N4O2S/c1-5-7-23-24(6-2)31-29(32-28(23)30-21-12-8-19(9-13-21)18-27(34)35)26-17-16-25(36-26)20-10-14-22(15-11-20)33(3)4;1-5-6-23-18(2)29-28(31-27(23)30-21-11-7-19(8-12-21)17-26(33)34)25-16-15-24(35-25)20-9-13-22(14-10-20)32(3)4;1-5-21-22(6-2)29-26(30-25(21)28-19-11-7-18(8-12-19)27(32)33)24-16-15-23(34-24)17-9-13-20(14-10-17)31(3)4;1-5-21-16(2)27-25(29-24(21)28-19-10-6-18(7-11-19)26(31)32)23-15-14-22(33-23)17-8-12-20(13-9-17)30(3)4/h5,8-17H,1,6-7,18H2,2-4H3,(H,34,35)(H,30,31,32);5,7-16H,1,6,17H2,2-4H3,(H,33,34)(H,29,30,31);7-16H,5-6H2,1-4H3,(H,32,33)(H,28,29,30);6-15H,5H2,1-4H3,(H,31,32)(H,27,28,29). The van der Waals surface area contributed by atoms with Crippen molar-refractivity contribution in [2.75, 3.05) is 97.2 Å². The smallest absolute Gasteiger partial charge is 0.335 e. The molecule has 0 radical (unpaired) electrons. The first-order valence-electron chi connectivity index (χ1n) is 45.1. The molecule has 8 aromatic heterocycles. The van der Waals surface area contributed by atoms with E-state index in [1.165, 1.54) is 16.1 Å². The lowest BCUT2D eigenvalue weighted by Crippen LogP contribution is -2.07. The fourth-order valence-corrected chi connectivity index (χ4v) is 18.9. The summed E-state index contributed by atoms with van der Waals surface area (Å²) < 4.78 is 0. The van der Waals surface area contributed by atoms with Crippen molar-refractivity contribution in [3.05, 3.63) is 335 Å². The van der Waals surface area contributed by atoms with E-state index in [9.17, 15) is 19.2 Å². The first-order chi connectivity index (χ1) is 66.4. The van der Waals surface area contributed by atoms with E-state index < -0.39 is 23.9 Å². The van der Waals surface area contributed by atoms with E-state index in [0.717, 1.165) is 196 Å². The van der Waals surface area contributed by atoms with Crippen LogP contribution in [0, 0.1) is 13.8 Å². The molecule has 0 aliphatic heterocycles. The Morgan fingerprint density at radius 2 is 0.543 bits per heavy atom. The molecular weight excluding hydrogens is 1800 g/mol. The molecule has 0 atom stereocenters. The van der Waals surface area contributed by atoms with Gasteiger partial charge in [-0.05, 0) is 256 Å². The van der Waals surface area contributed by atoms with Crippen molar-refractivity contribution in [3.63, 3.8) is 0 Å². The predicted octanol–water partition coefficient (Wildman–Crippen LogP) is 25.7. The summed E-state index contributed by atoms with van der Waals surface area (Å²) in [4.78, 5) is 100. The van der Waals surface area contributed by atoms with Gasteiger partial charge in [-0.1, -0.05) is 113 Å². The van der Waals surface area contributed by atoms with Crippen LogP contribution in [0.2, 0.25) is 0 Å². The molecule has 0 bridgehead atoms. The number of carboxylic acids is 4. The number of thiophene rings is 4. The monoisotopic (exact) mass is 1910 g/mol. The lowest BCUT2D eigenvalue weighted by Gasteiger charge is -2.15. The van der Waals surface area contributed by atoms with Gasteiger partial charge in [0, 0.05) is 166 Å². The van der Waals surface area contributed by atoms with Crippen LogP contribution in [0.4, 0.5) is 68.8 Å². The highest BCUT2D eigenvalue weighted by Gasteiger charge is 2.23. The third kappa shape index (κ3) is 25.8. The van der Waals surface area contributed by atoms with Crippen molar-refractivity contribution in [2.24, 2.45) is 0 Å². The van der Waals surface area contributed by atoms with E-state index in [-0.39, 0.29) is 24.0 Å². The molecule has 8 aromatic carbocycles. The van der Waals surface area contributed by atoms with E-state index in [4.69, 9.17) is 60.3 Å². The summed E-state index contributed by atoms with van der Waals surface area (Å²) in [6, 6.07) is 78.8. The molecule has 0 aliphatic carbocycles. The number of carbonyl (C=O) groups is 4. The fourth-order valence-electron chi connectivity index (χ4n) is 15.1. The number of anilines is 12. The van der Waals surface area contributed by atoms with Gasteiger partial charge < -0.3 is 61.3 Å². The molecular formula is C110H112N16O8S4. The quantitative estimate of drug-likeness (QED) is 0.0174. The normalized spacial score (nSPS) is 10.8. The van der Waals surface area contributed by atoms with E-state index in [2.05, 4.69) is 227 Å². The van der Waals surface area contributed by atoms with Crippen LogP contribution in [0.25, 0.3) is 84.6 Å². The molecule has 0 aliphatic rings. The zero-order chi connectivity index (χ0) is 98.4. The molecule has 0 spiro atoms. The number of aliphatic carboxylic acids is 2. The van der Waals surface area contributed by atoms with E-state index in [0.29, 0.717) is 36.1 Å². The number of aromatic carboxylic acids is 2. The van der Waals surface area contributed by atoms with Gasteiger partial charge in [0.2, 0.25) is 0 Å². The minimum atomic E-state index is -0.944. The zero-order valence-electron chi connectivity index (χ0n) is 79.7. The molecule has 0 saturated carbocycles. The summed E-state index contributed by atoms with van der Waals surface area (Å²) in [5, 5.41) is 49.9. The lowest BCUT2D eigenvalue weighted by molar-refractivity contribution is -0.137. The number of allylic oxidation sites excluding steroid dienone is 2. The molecule has 8 N–H and O–H groups in total. The van der Waals surface area contributed by atoms with Gasteiger partial charge in [0.15, 0.2) is 23.3 Å². The highest BCUT2D eigenvalue weighted by atomic mass is 32.1. The average molecular weight is 1910 g/mol. The van der Waals surface area contributed by atoms with Gasteiger partial charge in [-0.15, -0.1) is 58.5 Å². The Kier molecular flexibility index (Phi) is 33.9. The summed E-state index contributed by atoms with van der Waals surface area (Å²) >= 11 is 6.67. The van der Waals surface area contributed by atoms with Crippen molar-refractivity contribution in [3.8, 4) is 84.6 Å². The van der Waals surface area contributed by atoms with E-state index in [1.54, 1.807) is 93.9 Å². The van der Waals surface area contributed by atoms with Crippen LogP contribution in [0.5, 0.6) is 0 Å². The highest BCUT2D eigenvalue weighted by molar-refractivity contribution is 7.19. The zero-order valence-corrected chi connectivity index (χ0v) is 83.0. The highest BCUT2D eigenvalue weighted by Crippen LogP contribution is 2.42. The third-order valence-corrected chi connectivity index (χ3v) is 27.1. The number of rotatable bonds is 34. The van der Waals surface area contributed by atoms with Crippen molar-refractivity contribution < 1.29 is 39.6 Å². The van der Waals surface area contributed by atoms with Crippen molar-refractivity contribution in [1.29, 1.82) is 0 Å². The molecule has 0 amide bonds.